The molecule has 0 spiro atoms. The van der Waals surface area contributed by atoms with Crippen LogP contribution >= 0.6 is 0 Å². The van der Waals surface area contributed by atoms with Gasteiger partial charge in [0, 0.05) is 13.3 Å². The molecule has 1 aliphatic rings. The molecule has 0 bridgehead atoms. The Morgan fingerprint density at radius 1 is 1.06 bits per heavy atom. The second-order valence-corrected chi connectivity index (χ2v) is 7.82. The number of ether oxygens (including phenoxy) is 2. The van der Waals surface area contributed by atoms with Gasteiger partial charge in [-0.25, -0.2) is 4.79 Å². The second-order valence-electron chi connectivity index (χ2n) is 7.82. The zero-order valence-electron chi connectivity index (χ0n) is 18.6. The van der Waals surface area contributed by atoms with E-state index in [0.29, 0.717) is 18.9 Å². The fraction of sp³-hybridized carbons (Fsp3) is 0.565. The fourth-order valence-electron chi connectivity index (χ4n) is 3.57. The van der Waals surface area contributed by atoms with Gasteiger partial charge in [-0.3, -0.25) is 20.3 Å². The minimum absolute atomic E-state index is 0.0688. The Kier molecular flexibility index (Phi) is 11.1. The molecule has 2 N–H and O–H groups in total. The topological polar surface area (TPSA) is 118 Å². The Hall–Kier alpha value is -3.10. The second kappa shape index (κ2) is 14.1. The Morgan fingerprint density at radius 3 is 2.44 bits per heavy atom. The molecular formula is C23H33N3O6. The van der Waals surface area contributed by atoms with Crippen LogP contribution in [-0.2, 0) is 30.3 Å². The highest BCUT2D eigenvalue weighted by atomic mass is 16.7. The lowest BCUT2D eigenvalue weighted by molar-refractivity contribution is -0.172. The molecule has 32 heavy (non-hydrogen) atoms. The van der Waals surface area contributed by atoms with Crippen LogP contribution < -0.4 is 5.32 Å². The van der Waals surface area contributed by atoms with Crippen molar-refractivity contribution in [2.45, 2.75) is 58.3 Å². The molecule has 0 aliphatic heterocycles. The van der Waals surface area contributed by atoms with Crippen LogP contribution in [0, 0.1) is 11.3 Å². The number of hydrogen-bond acceptors (Lipinski definition) is 7. The molecule has 1 amide bonds. The molecule has 1 aromatic rings. The number of nitrogens with zero attached hydrogens (tertiary/aromatic N) is 1. The van der Waals surface area contributed by atoms with E-state index in [1.54, 1.807) is 0 Å². The Bertz CT molecular complexity index is 749. The predicted octanol–water partition coefficient (Wildman–Crippen LogP) is 3.57. The monoisotopic (exact) mass is 447 g/mol. The van der Waals surface area contributed by atoms with Gasteiger partial charge in [0.25, 0.3) is 0 Å². The van der Waals surface area contributed by atoms with E-state index < -0.39 is 12.1 Å². The Balaban J connectivity index is 1.61. The van der Waals surface area contributed by atoms with E-state index in [1.165, 1.54) is 13.3 Å². The van der Waals surface area contributed by atoms with E-state index in [4.69, 9.17) is 19.7 Å². The number of alkyl carbamates (subject to hydrolysis) is 1. The van der Waals surface area contributed by atoms with Crippen LogP contribution in [0.5, 0.6) is 0 Å². The maximum absolute atomic E-state index is 11.9. The van der Waals surface area contributed by atoms with Gasteiger partial charge in [-0.15, -0.1) is 0 Å². The first-order valence-electron chi connectivity index (χ1n) is 11.1. The van der Waals surface area contributed by atoms with E-state index in [2.05, 4.69) is 5.32 Å². The minimum Gasteiger partial charge on any atom is -0.462 e. The molecule has 1 aromatic carbocycles. The van der Waals surface area contributed by atoms with Crippen molar-refractivity contribution in [2.75, 3.05) is 19.8 Å². The molecule has 0 aromatic heterocycles. The van der Waals surface area contributed by atoms with Crippen LogP contribution in [0.4, 0.5) is 4.79 Å². The number of rotatable bonds is 9. The average Bonchev–Trinajstić information content (AvgIpc) is 2.77. The van der Waals surface area contributed by atoms with Crippen LogP contribution in [0.25, 0.3) is 0 Å². The van der Waals surface area contributed by atoms with E-state index in [-0.39, 0.29) is 31.6 Å². The zero-order valence-corrected chi connectivity index (χ0v) is 18.6. The summed E-state index contributed by atoms with van der Waals surface area (Å²) in [5, 5.41) is 11.4. The molecule has 9 heteroatoms. The molecule has 9 nitrogen and oxygen atoms in total. The van der Waals surface area contributed by atoms with Crippen LogP contribution in [0.15, 0.2) is 30.3 Å². The van der Waals surface area contributed by atoms with Gasteiger partial charge in [0.15, 0.2) is 0 Å². The van der Waals surface area contributed by atoms with Crippen molar-refractivity contribution in [3.05, 3.63) is 35.9 Å². The van der Waals surface area contributed by atoms with Crippen molar-refractivity contribution in [2.24, 2.45) is 5.92 Å². The van der Waals surface area contributed by atoms with Gasteiger partial charge in [0.1, 0.15) is 13.2 Å². The van der Waals surface area contributed by atoms with Crippen molar-refractivity contribution < 1.29 is 28.7 Å². The van der Waals surface area contributed by atoms with E-state index >= 15 is 0 Å². The number of hydroxylamine groups is 2. The summed E-state index contributed by atoms with van der Waals surface area (Å²) < 4.78 is 10.0. The maximum Gasteiger partial charge on any atom is 0.414 e. The van der Waals surface area contributed by atoms with Crippen LogP contribution in [0.2, 0.25) is 0 Å². The summed E-state index contributed by atoms with van der Waals surface area (Å²) in [6.45, 7) is 1.38. The molecule has 176 valence electrons. The molecule has 2 rings (SSSR count). The van der Waals surface area contributed by atoms with Crippen molar-refractivity contribution in [1.29, 1.82) is 5.41 Å². The molecule has 1 saturated carbocycles. The smallest absolute Gasteiger partial charge is 0.414 e. The first kappa shape index (κ1) is 25.2. The minimum atomic E-state index is -0.879. The molecule has 0 radical (unpaired) electrons. The van der Waals surface area contributed by atoms with E-state index in [9.17, 15) is 14.4 Å². The third-order valence-corrected chi connectivity index (χ3v) is 5.13. The highest BCUT2D eigenvalue weighted by molar-refractivity contribution is 5.92. The summed E-state index contributed by atoms with van der Waals surface area (Å²) in [7, 11) is 0. The SMILES string of the molecule is CC(=O)ON(CC1CCCCC1)C(=N)NC(=O)OCCOC(=O)CCCc1ccccc1. The van der Waals surface area contributed by atoms with E-state index in [1.807, 2.05) is 30.3 Å². The van der Waals surface area contributed by atoms with E-state index in [0.717, 1.165) is 42.7 Å². The number of hydrogen-bond donors (Lipinski definition) is 2. The first-order valence-corrected chi connectivity index (χ1v) is 11.1. The number of esters is 1. The number of guanidine groups is 1. The van der Waals surface area contributed by atoms with Gasteiger partial charge in [0.2, 0.25) is 5.96 Å². The molecular weight excluding hydrogens is 414 g/mol. The zero-order chi connectivity index (χ0) is 23.2. The lowest BCUT2D eigenvalue weighted by atomic mass is 9.89. The molecule has 1 aliphatic carbocycles. The number of carbonyl (C=O) groups is 3. The summed E-state index contributed by atoms with van der Waals surface area (Å²) in [6.07, 6.45) is 6.24. The van der Waals surface area contributed by atoms with Crippen LogP contribution in [0.1, 0.15) is 57.4 Å². The standard InChI is InChI=1S/C23H33N3O6/c1-18(27)32-26(17-20-11-6-3-7-12-20)22(24)25-23(29)31-16-15-30-21(28)14-8-13-19-9-4-2-5-10-19/h2,4-5,9-10,20H,3,6-8,11-17H2,1H3,(H2,24,25,29). The van der Waals surface area contributed by atoms with Crippen molar-refractivity contribution >= 4 is 24.0 Å². The molecule has 0 saturated heterocycles. The Labute approximate surface area is 188 Å². The quantitative estimate of drug-likeness (QED) is 0.195. The third kappa shape index (κ3) is 10.3. The van der Waals surface area contributed by atoms with Gasteiger partial charge in [-0.2, -0.15) is 5.06 Å². The summed E-state index contributed by atoms with van der Waals surface area (Å²) in [5.74, 6) is -0.998. The summed E-state index contributed by atoms with van der Waals surface area (Å²) in [6, 6.07) is 9.87. The van der Waals surface area contributed by atoms with Crippen molar-refractivity contribution in [3.63, 3.8) is 0 Å². The molecule has 1 fully saturated rings. The molecule has 0 atom stereocenters. The Morgan fingerprint density at radius 2 is 1.75 bits per heavy atom. The highest BCUT2D eigenvalue weighted by Crippen LogP contribution is 2.24. The van der Waals surface area contributed by atoms with Crippen molar-refractivity contribution in [3.8, 4) is 0 Å². The largest absolute Gasteiger partial charge is 0.462 e. The number of carbonyl (C=O) groups excluding carboxylic acids is 3. The average molecular weight is 448 g/mol. The summed E-state index contributed by atoms with van der Waals surface area (Å²) in [5.41, 5.74) is 1.16. The summed E-state index contributed by atoms with van der Waals surface area (Å²) >= 11 is 0. The first-order chi connectivity index (χ1) is 15.4. The lowest BCUT2D eigenvalue weighted by Crippen LogP contribution is -2.46. The van der Waals surface area contributed by atoms with Crippen LogP contribution in [-0.4, -0.2) is 48.8 Å². The van der Waals surface area contributed by atoms with Gasteiger partial charge in [0.05, 0.1) is 6.54 Å². The number of amides is 1. The predicted molar refractivity (Wildman–Crippen MR) is 118 cm³/mol. The van der Waals surface area contributed by atoms with Gasteiger partial charge >= 0.3 is 18.0 Å². The van der Waals surface area contributed by atoms with Gasteiger partial charge in [-0.05, 0) is 37.2 Å². The number of benzene rings is 1. The third-order valence-electron chi connectivity index (χ3n) is 5.13. The maximum atomic E-state index is 11.9. The van der Waals surface area contributed by atoms with Gasteiger partial charge < -0.3 is 14.3 Å². The number of nitrogens with one attached hydrogen (secondary N) is 2. The van der Waals surface area contributed by atoms with Crippen molar-refractivity contribution in [1.82, 2.24) is 10.4 Å². The fourth-order valence-corrected chi connectivity index (χ4v) is 3.57. The number of aryl methyl sites for hydroxylation is 1. The summed E-state index contributed by atoms with van der Waals surface area (Å²) in [4.78, 5) is 40.1. The normalized spacial score (nSPS) is 13.7. The van der Waals surface area contributed by atoms with Gasteiger partial charge in [-0.1, -0.05) is 49.6 Å². The highest BCUT2D eigenvalue weighted by Gasteiger charge is 2.23. The van der Waals surface area contributed by atoms with Crippen LogP contribution in [0.3, 0.4) is 0 Å². The molecule has 0 heterocycles. The lowest BCUT2D eigenvalue weighted by Gasteiger charge is -2.29. The molecule has 0 unspecified atom stereocenters.